The van der Waals surface area contributed by atoms with E-state index >= 15 is 0 Å². The molecule has 0 saturated carbocycles. The van der Waals surface area contributed by atoms with Crippen molar-refractivity contribution in [3.8, 4) is 0 Å². The minimum atomic E-state index is -0.985. The molecule has 22 heavy (non-hydrogen) atoms. The number of amides is 1. The van der Waals surface area contributed by atoms with E-state index in [2.05, 4.69) is 9.88 Å². The fourth-order valence-electron chi connectivity index (χ4n) is 2.66. The minimum absolute atomic E-state index is 0.0744. The summed E-state index contributed by atoms with van der Waals surface area (Å²) < 4.78 is 1.42. The number of aryl methyl sites for hydroxylation is 1. The van der Waals surface area contributed by atoms with Crippen molar-refractivity contribution in [1.82, 2.24) is 19.4 Å². The number of likely N-dealkylation sites (N-methyl/N-ethyl adjacent to an activating group) is 1. The molecule has 8 heteroatoms. The van der Waals surface area contributed by atoms with Gasteiger partial charge in [0.1, 0.15) is 17.5 Å². The molecule has 1 aromatic heterocycles. The molecule has 1 aromatic rings. The van der Waals surface area contributed by atoms with Gasteiger partial charge in [-0.2, -0.15) is 0 Å². The number of carbonyl (C=O) groups excluding carboxylic acids is 1. The number of nitrogens with zero attached hydrogens (tertiary/aromatic N) is 4. The number of halogens is 1. The van der Waals surface area contributed by atoms with Gasteiger partial charge in [-0.15, -0.1) is 0 Å². The Morgan fingerprint density at radius 1 is 1.50 bits per heavy atom. The Balaban J connectivity index is 1.91. The third-order valence-electron chi connectivity index (χ3n) is 3.99. The van der Waals surface area contributed by atoms with E-state index in [1.807, 2.05) is 19.0 Å². The SMILES string of the molecule is CN(C)C1CCN(C(=O)CCc2ncc(Cl)n2CC(=O)O)C1. The van der Waals surface area contributed by atoms with Crippen LogP contribution in [-0.2, 0) is 22.6 Å². The van der Waals surface area contributed by atoms with Gasteiger partial charge in [-0.25, -0.2) is 4.98 Å². The van der Waals surface area contributed by atoms with Crippen LogP contribution in [0, 0.1) is 0 Å². The summed E-state index contributed by atoms with van der Waals surface area (Å²) in [7, 11) is 4.03. The molecule has 1 saturated heterocycles. The number of hydrogen-bond acceptors (Lipinski definition) is 4. The number of aromatic nitrogens is 2. The molecule has 0 aliphatic carbocycles. The summed E-state index contributed by atoms with van der Waals surface area (Å²) in [6.07, 6.45) is 3.11. The lowest BCUT2D eigenvalue weighted by Gasteiger charge is -2.20. The van der Waals surface area contributed by atoms with Gasteiger partial charge in [-0.1, -0.05) is 11.6 Å². The minimum Gasteiger partial charge on any atom is -0.480 e. The Kier molecular flexibility index (Phi) is 5.42. The zero-order valence-electron chi connectivity index (χ0n) is 12.8. The zero-order chi connectivity index (χ0) is 16.3. The Bertz CT molecular complexity index is 558. The molecule has 2 rings (SSSR count). The van der Waals surface area contributed by atoms with Crippen LogP contribution in [0.5, 0.6) is 0 Å². The van der Waals surface area contributed by atoms with Crippen LogP contribution in [0.2, 0.25) is 5.15 Å². The lowest BCUT2D eigenvalue weighted by Crippen LogP contribution is -2.34. The molecule has 1 aliphatic rings. The second-order valence-corrected chi connectivity index (χ2v) is 6.11. The van der Waals surface area contributed by atoms with Crippen LogP contribution in [0.15, 0.2) is 6.20 Å². The van der Waals surface area contributed by atoms with Gasteiger partial charge < -0.3 is 19.5 Å². The molecular formula is C14H21ClN4O3. The first kappa shape index (κ1) is 16.8. The first-order valence-electron chi connectivity index (χ1n) is 7.24. The predicted molar refractivity (Wildman–Crippen MR) is 81.9 cm³/mol. The maximum Gasteiger partial charge on any atom is 0.323 e. The Labute approximate surface area is 134 Å². The number of imidazole rings is 1. The Morgan fingerprint density at radius 3 is 2.82 bits per heavy atom. The lowest BCUT2D eigenvalue weighted by atomic mass is 10.2. The van der Waals surface area contributed by atoms with Crippen LogP contribution >= 0.6 is 11.6 Å². The highest BCUT2D eigenvalue weighted by Crippen LogP contribution is 2.17. The molecule has 1 unspecified atom stereocenters. The van der Waals surface area contributed by atoms with E-state index in [0.29, 0.717) is 24.7 Å². The van der Waals surface area contributed by atoms with Gasteiger partial charge in [0.05, 0.1) is 6.20 Å². The molecular weight excluding hydrogens is 308 g/mol. The summed E-state index contributed by atoms with van der Waals surface area (Å²) in [4.78, 5) is 31.2. The Morgan fingerprint density at radius 2 is 2.23 bits per heavy atom. The van der Waals surface area contributed by atoms with Crippen LogP contribution in [0.1, 0.15) is 18.7 Å². The highest BCUT2D eigenvalue weighted by Gasteiger charge is 2.27. The second kappa shape index (κ2) is 7.11. The van der Waals surface area contributed by atoms with E-state index in [4.69, 9.17) is 16.7 Å². The van der Waals surface area contributed by atoms with E-state index in [-0.39, 0.29) is 17.6 Å². The van der Waals surface area contributed by atoms with Crippen LogP contribution in [0.25, 0.3) is 0 Å². The van der Waals surface area contributed by atoms with Gasteiger partial charge in [0.2, 0.25) is 5.91 Å². The summed E-state index contributed by atoms with van der Waals surface area (Å²) >= 11 is 5.92. The van der Waals surface area contributed by atoms with Gasteiger partial charge in [-0.05, 0) is 20.5 Å². The normalized spacial score (nSPS) is 18.2. The van der Waals surface area contributed by atoms with Gasteiger partial charge in [-0.3, -0.25) is 9.59 Å². The largest absolute Gasteiger partial charge is 0.480 e. The molecule has 1 N–H and O–H groups in total. The van der Waals surface area contributed by atoms with Crippen molar-refractivity contribution in [3.05, 3.63) is 17.2 Å². The highest BCUT2D eigenvalue weighted by atomic mass is 35.5. The smallest absolute Gasteiger partial charge is 0.323 e. The summed E-state index contributed by atoms with van der Waals surface area (Å²) in [5.74, 6) is -0.379. The third kappa shape index (κ3) is 3.98. The molecule has 0 bridgehead atoms. The van der Waals surface area contributed by atoms with Crippen molar-refractivity contribution >= 4 is 23.5 Å². The van der Waals surface area contributed by atoms with Crippen molar-refractivity contribution < 1.29 is 14.7 Å². The molecule has 122 valence electrons. The average molecular weight is 329 g/mol. The molecule has 1 atom stereocenters. The first-order valence-corrected chi connectivity index (χ1v) is 7.62. The van der Waals surface area contributed by atoms with Gasteiger partial charge in [0, 0.05) is 32.0 Å². The van der Waals surface area contributed by atoms with E-state index in [0.717, 1.165) is 19.5 Å². The monoisotopic (exact) mass is 328 g/mol. The summed E-state index contributed by atoms with van der Waals surface area (Å²) in [5.41, 5.74) is 0. The molecule has 0 spiro atoms. The van der Waals surface area contributed by atoms with Crippen LogP contribution < -0.4 is 0 Å². The van der Waals surface area contributed by atoms with E-state index in [1.54, 1.807) is 0 Å². The molecule has 0 radical (unpaired) electrons. The van der Waals surface area contributed by atoms with Crippen LogP contribution in [0.4, 0.5) is 0 Å². The number of carboxylic acid groups (broad SMARTS) is 1. The number of rotatable bonds is 6. The van der Waals surface area contributed by atoms with Gasteiger partial charge >= 0.3 is 5.97 Å². The van der Waals surface area contributed by atoms with E-state index in [1.165, 1.54) is 10.8 Å². The first-order chi connectivity index (χ1) is 10.4. The number of carboxylic acids is 1. The fraction of sp³-hybridized carbons (Fsp3) is 0.643. The maximum absolute atomic E-state index is 12.2. The van der Waals surface area contributed by atoms with E-state index in [9.17, 15) is 9.59 Å². The van der Waals surface area contributed by atoms with Crippen molar-refractivity contribution in [1.29, 1.82) is 0 Å². The van der Waals surface area contributed by atoms with Gasteiger partial charge in [0.15, 0.2) is 0 Å². The average Bonchev–Trinajstić information content (AvgIpc) is 3.05. The molecule has 1 amide bonds. The van der Waals surface area contributed by atoms with E-state index < -0.39 is 5.97 Å². The van der Waals surface area contributed by atoms with Crippen molar-refractivity contribution in [2.24, 2.45) is 0 Å². The number of carbonyl (C=O) groups is 2. The summed E-state index contributed by atoms with van der Waals surface area (Å²) in [6, 6.07) is 0.410. The molecule has 0 aromatic carbocycles. The fourth-order valence-corrected chi connectivity index (χ4v) is 2.86. The summed E-state index contributed by atoms with van der Waals surface area (Å²) in [5, 5.41) is 9.15. The molecule has 7 nitrogen and oxygen atoms in total. The number of likely N-dealkylation sites (tertiary alicyclic amines) is 1. The molecule has 1 aliphatic heterocycles. The number of hydrogen-bond donors (Lipinski definition) is 1. The van der Waals surface area contributed by atoms with Crippen molar-refractivity contribution in [2.45, 2.75) is 31.8 Å². The topological polar surface area (TPSA) is 78.7 Å². The van der Waals surface area contributed by atoms with Crippen molar-refractivity contribution in [2.75, 3.05) is 27.2 Å². The Hall–Kier alpha value is -1.60. The summed E-state index contributed by atoms with van der Waals surface area (Å²) in [6.45, 7) is 1.27. The van der Waals surface area contributed by atoms with Crippen LogP contribution in [0.3, 0.4) is 0 Å². The third-order valence-corrected chi connectivity index (χ3v) is 4.29. The highest BCUT2D eigenvalue weighted by molar-refractivity contribution is 6.29. The lowest BCUT2D eigenvalue weighted by molar-refractivity contribution is -0.137. The predicted octanol–water partition coefficient (Wildman–Crippen LogP) is 0.716. The number of aliphatic carboxylic acids is 1. The maximum atomic E-state index is 12.2. The quantitative estimate of drug-likeness (QED) is 0.832. The second-order valence-electron chi connectivity index (χ2n) is 5.72. The van der Waals surface area contributed by atoms with Crippen LogP contribution in [-0.4, -0.2) is 69.6 Å². The molecule has 2 heterocycles. The van der Waals surface area contributed by atoms with Crippen molar-refractivity contribution in [3.63, 3.8) is 0 Å². The molecule has 1 fully saturated rings. The zero-order valence-corrected chi connectivity index (χ0v) is 13.6. The standard InChI is InChI=1S/C14H21ClN4O3/c1-17(2)10-5-6-18(8-10)13(20)4-3-12-16-7-11(15)19(12)9-14(21)22/h7,10H,3-6,8-9H2,1-2H3,(H,21,22). The van der Waals surface area contributed by atoms with Gasteiger partial charge in [0.25, 0.3) is 0 Å².